The van der Waals surface area contributed by atoms with E-state index in [2.05, 4.69) is 21.3 Å². The molecule has 4 heterocycles. The summed E-state index contributed by atoms with van der Waals surface area (Å²) in [6.07, 6.45) is 10.2. The summed E-state index contributed by atoms with van der Waals surface area (Å²) < 4.78 is 11.3. The van der Waals surface area contributed by atoms with E-state index in [1.807, 2.05) is 23.1 Å². The monoisotopic (exact) mass is 576 g/mol. The molecule has 2 saturated heterocycles. The Morgan fingerprint density at radius 3 is 2.62 bits per heavy atom. The first-order valence-electron chi connectivity index (χ1n) is 15.4. The van der Waals surface area contributed by atoms with Gasteiger partial charge in [-0.15, -0.1) is 0 Å². The number of carbonyl (C=O) groups is 3. The lowest BCUT2D eigenvalue weighted by Crippen LogP contribution is -2.60. The van der Waals surface area contributed by atoms with E-state index in [0.29, 0.717) is 69.8 Å². The van der Waals surface area contributed by atoms with Gasteiger partial charge in [0.2, 0.25) is 17.7 Å². The highest BCUT2D eigenvalue weighted by molar-refractivity contribution is 5.78. The number of amides is 3. The maximum atomic E-state index is 13.8. The minimum Gasteiger partial charge on any atom is -0.493 e. The van der Waals surface area contributed by atoms with Crippen molar-refractivity contribution in [3.63, 3.8) is 0 Å². The maximum Gasteiger partial charge on any atom is 0.223 e. The highest BCUT2D eigenvalue weighted by Gasteiger charge is 2.43. The highest BCUT2D eigenvalue weighted by atomic mass is 16.5. The first-order valence-corrected chi connectivity index (χ1v) is 15.4. The van der Waals surface area contributed by atoms with Crippen molar-refractivity contribution in [3.05, 3.63) is 53.3 Å². The smallest absolute Gasteiger partial charge is 0.223 e. The van der Waals surface area contributed by atoms with Gasteiger partial charge in [-0.05, 0) is 91.7 Å². The molecule has 3 atom stereocenters. The number of aromatic nitrogens is 1. The minimum atomic E-state index is 0.0335. The molecule has 3 amide bonds. The van der Waals surface area contributed by atoms with Crippen molar-refractivity contribution >= 4 is 17.7 Å². The third-order valence-electron chi connectivity index (χ3n) is 9.11. The van der Waals surface area contributed by atoms with Crippen molar-refractivity contribution in [2.45, 2.75) is 70.3 Å². The average Bonchev–Trinajstić information content (AvgIpc) is 3.01. The van der Waals surface area contributed by atoms with Gasteiger partial charge >= 0.3 is 0 Å². The number of nitrogens with zero attached hydrogens (tertiary/aromatic N) is 3. The molecule has 3 aliphatic rings. The zero-order valence-corrected chi connectivity index (χ0v) is 25.0. The van der Waals surface area contributed by atoms with Gasteiger partial charge in [0.05, 0.1) is 14.2 Å². The number of methoxy groups -OCH3 is 2. The minimum absolute atomic E-state index is 0.0335. The fraction of sp³-hybridized carbons (Fsp3) is 0.576. The van der Waals surface area contributed by atoms with Crippen LogP contribution >= 0.6 is 0 Å². The molecule has 0 aliphatic carbocycles. The maximum absolute atomic E-state index is 13.8. The molecule has 226 valence electrons. The predicted octanol–water partition coefficient (Wildman–Crippen LogP) is 3.57. The summed E-state index contributed by atoms with van der Waals surface area (Å²) in [6.45, 7) is 2.63. The van der Waals surface area contributed by atoms with Crippen LogP contribution in [0.5, 0.6) is 11.5 Å². The van der Waals surface area contributed by atoms with E-state index in [-0.39, 0.29) is 35.6 Å². The molecule has 5 rings (SSSR count). The molecular weight excluding hydrogens is 532 g/mol. The van der Waals surface area contributed by atoms with Crippen molar-refractivity contribution in [1.82, 2.24) is 20.1 Å². The summed E-state index contributed by atoms with van der Waals surface area (Å²) in [5.74, 6) is 2.25. The van der Waals surface area contributed by atoms with Crippen LogP contribution < -0.4 is 14.8 Å². The number of rotatable bonds is 5. The zero-order valence-electron chi connectivity index (χ0n) is 25.0. The van der Waals surface area contributed by atoms with E-state index in [4.69, 9.17) is 9.47 Å². The lowest BCUT2D eigenvalue weighted by atomic mass is 9.77. The van der Waals surface area contributed by atoms with E-state index in [1.54, 1.807) is 26.6 Å². The number of piperidine rings is 2. The number of fused-ring (bicyclic) bond motifs is 6. The largest absolute Gasteiger partial charge is 0.493 e. The molecule has 1 aromatic carbocycles. The Morgan fingerprint density at radius 1 is 1.00 bits per heavy atom. The van der Waals surface area contributed by atoms with Gasteiger partial charge in [-0.3, -0.25) is 19.4 Å². The van der Waals surface area contributed by atoms with Gasteiger partial charge < -0.3 is 24.6 Å². The van der Waals surface area contributed by atoms with E-state index in [1.165, 1.54) is 0 Å². The number of carbonyl (C=O) groups excluding carboxylic acids is 3. The molecule has 0 spiro atoms. The molecule has 2 fully saturated rings. The summed E-state index contributed by atoms with van der Waals surface area (Å²) >= 11 is 0. The Bertz CT molecular complexity index is 1250. The number of aryl methyl sites for hydroxylation is 3. The van der Waals surface area contributed by atoms with E-state index in [9.17, 15) is 14.4 Å². The van der Waals surface area contributed by atoms with Crippen molar-refractivity contribution in [2.24, 2.45) is 11.8 Å². The Kier molecular flexibility index (Phi) is 9.97. The van der Waals surface area contributed by atoms with Gasteiger partial charge in [0.15, 0.2) is 11.5 Å². The molecule has 9 nitrogen and oxygen atoms in total. The third-order valence-corrected chi connectivity index (χ3v) is 9.11. The van der Waals surface area contributed by atoms with Crippen LogP contribution in [0.25, 0.3) is 0 Å². The lowest BCUT2D eigenvalue weighted by Gasteiger charge is -2.51. The zero-order chi connectivity index (χ0) is 29.5. The quantitative estimate of drug-likeness (QED) is 0.584. The third kappa shape index (κ3) is 7.23. The second-order valence-electron chi connectivity index (χ2n) is 12.0. The predicted molar refractivity (Wildman–Crippen MR) is 159 cm³/mol. The number of pyridine rings is 1. The fourth-order valence-electron chi connectivity index (χ4n) is 7.06. The molecular formula is C33H44N4O5. The summed E-state index contributed by atoms with van der Waals surface area (Å²) in [4.78, 5) is 47.9. The Hall–Kier alpha value is -3.62. The van der Waals surface area contributed by atoms with Gasteiger partial charge in [0, 0.05) is 63.9 Å². The van der Waals surface area contributed by atoms with Crippen LogP contribution in [0.1, 0.15) is 61.6 Å². The molecule has 0 unspecified atom stereocenters. The van der Waals surface area contributed by atoms with Crippen molar-refractivity contribution in [1.29, 1.82) is 0 Å². The van der Waals surface area contributed by atoms with E-state index >= 15 is 0 Å². The van der Waals surface area contributed by atoms with Crippen LogP contribution in [0.3, 0.4) is 0 Å². The van der Waals surface area contributed by atoms with Gasteiger partial charge in [-0.1, -0.05) is 6.07 Å². The molecule has 42 heavy (non-hydrogen) atoms. The Labute approximate surface area is 249 Å². The molecule has 1 aromatic heterocycles. The normalized spacial score (nSPS) is 23.5. The Balaban J connectivity index is 1.31. The average molecular weight is 577 g/mol. The number of nitrogens with one attached hydrogen (secondary N) is 1. The molecule has 2 aromatic rings. The molecule has 4 bridgehead atoms. The number of benzene rings is 1. The van der Waals surface area contributed by atoms with E-state index < -0.39 is 0 Å². The van der Waals surface area contributed by atoms with Gasteiger partial charge in [0.25, 0.3) is 0 Å². The van der Waals surface area contributed by atoms with Crippen molar-refractivity contribution < 1.29 is 23.9 Å². The second kappa shape index (κ2) is 14.0. The van der Waals surface area contributed by atoms with Crippen molar-refractivity contribution in [3.8, 4) is 11.5 Å². The number of hydrogen-bond acceptors (Lipinski definition) is 6. The summed E-state index contributed by atoms with van der Waals surface area (Å²) in [7, 11) is 3.27. The Morgan fingerprint density at radius 2 is 1.83 bits per heavy atom. The van der Waals surface area contributed by atoms with Crippen LogP contribution in [0.15, 0.2) is 36.7 Å². The van der Waals surface area contributed by atoms with E-state index in [0.717, 1.165) is 48.8 Å². The molecule has 0 radical (unpaired) electrons. The topological polar surface area (TPSA) is 101 Å². The van der Waals surface area contributed by atoms with Crippen molar-refractivity contribution in [2.75, 3.05) is 40.4 Å². The van der Waals surface area contributed by atoms with Crippen LogP contribution in [0, 0.1) is 11.8 Å². The van der Waals surface area contributed by atoms with Gasteiger partial charge in [-0.2, -0.15) is 0 Å². The first kappa shape index (κ1) is 29.9. The molecule has 1 N–H and O–H groups in total. The second-order valence-corrected chi connectivity index (χ2v) is 12.0. The molecule has 9 heteroatoms. The number of hydrogen-bond donors (Lipinski definition) is 1. The van der Waals surface area contributed by atoms with Crippen LogP contribution in [-0.4, -0.2) is 78.9 Å². The number of likely N-dealkylation sites (tertiary alicyclic amines) is 1. The van der Waals surface area contributed by atoms with Gasteiger partial charge in [0.1, 0.15) is 0 Å². The SMILES string of the molecule is COc1cc2cc(c1OC)CCCNC(=O)CCC[C@H]1[C@H]3C[C@@H](CN(C(=O)CCc4ccncc4)C3)CN1C(=O)CC2. The first-order chi connectivity index (χ1) is 20.4. The standard InChI is InChI=1S/C33H44N4O5/c1-41-29-19-24-9-11-32(40)37-21-25-18-27(22-36(20-25)31(39)10-8-23-12-15-34-16-13-23)28(37)6-3-7-30(38)35-14-4-5-26(17-24)33(29)42-2/h12-13,15-17,19,25,27-28H,3-11,14,18,20-22H2,1-2H3,(H,35,38)/t25-,27-,28-/m0/s1. The number of ether oxygens (including phenoxy) is 2. The fourth-order valence-corrected chi connectivity index (χ4v) is 7.06. The van der Waals surface area contributed by atoms with Gasteiger partial charge in [-0.25, -0.2) is 0 Å². The van der Waals surface area contributed by atoms with Crippen LogP contribution in [-0.2, 0) is 33.6 Å². The lowest BCUT2D eigenvalue weighted by molar-refractivity contribution is -0.145. The summed E-state index contributed by atoms with van der Waals surface area (Å²) in [6, 6.07) is 8.03. The molecule has 0 saturated carbocycles. The molecule has 3 aliphatic heterocycles. The summed E-state index contributed by atoms with van der Waals surface area (Å²) in [5.41, 5.74) is 3.19. The summed E-state index contributed by atoms with van der Waals surface area (Å²) in [5, 5.41) is 3.06. The highest BCUT2D eigenvalue weighted by Crippen LogP contribution is 2.37. The van der Waals surface area contributed by atoms with Crippen LogP contribution in [0.4, 0.5) is 0 Å². The van der Waals surface area contributed by atoms with Crippen LogP contribution in [0.2, 0.25) is 0 Å².